The molecule has 0 radical (unpaired) electrons. The zero-order valence-electron chi connectivity index (χ0n) is 14.4. The van der Waals surface area contributed by atoms with Gasteiger partial charge in [0.25, 0.3) is 5.91 Å². The molecule has 2 aliphatic rings. The van der Waals surface area contributed by atoms with Crippen LogP contribution >= 0.6 is 23.1 Å². The molecule has 2 heterocycles. The molecule has 10 nitrogen and oxygen atoms in total. The monoisotopic (exact) mass is 419 g/mol. The van der Waals surface area contributed by atoms with E-state index in [4.69, 9.17) is 11.5 Å². The van der Waals surface area contributed by atoms with Gasteiger partial charge in [-0.25, -0.2) is 4.98 Å². The Morgan fingerprint density at radius 3 is 2.78 bits per heavy atom. The molecule has 1 aromatic heterocycles. The topological polar surface area (TPSA) is 173 Å². The Kier molecular flexibility index (Phi) is 6.71. The van der Waals surface area contributed by atoms with Crippen molar-refractivity contribution >= 4 is 51.6 Å². The smallest absolute Gasteiger partial charge is 0.545 e. The number of ketones is 1. The first-order valence-corrected chi connectivity index (χ1v) is 9.23. The zero-order chi connectivity index (χ0) is 19.1. The maximum absolute atomic E-state index is 12.5. The predicted octanol–water partition coefficient (Wildman–Crippen LogP) is -5.36. The Bertz CT molecular complexity index is 857. The number of Topliss-reactive ketones (excluding diaryl/α,β-unsaturated/α-hetero) is 1. The number of thiazole rings is 1. The second-order valence-electron chi connectivity index (χ2n) is 5.54. The molecule has 1 saturated carbocycles. The van der Waals surface area contributed by atoms with Crippen LogP contribution < -0.4 is 51.4 Å². The minimum absolute atomic E-state index is 0. The number of fused-ring (bicyclic) bond motifs is 1. The van der Waals surface area contributed by atoms with Crippen LogP contribution in [0.4, 0.5) is 5.13 Å². The molecular weight excluding hydrogens is 405 g/mol. The summed E-state index contributed by atoms with van der Waals surface area (Å²) in [5, 5.41) is 18.5. The Balaban J connectivity index is 0.00000261. The second-order valence-corrected chi connectivity index (χ2v) is 7.60. The fraction of sp³-hybridized carbons (Fsp3) is 0.357. The minimum Gasteiger partial charge on any atom is -0.545 e. The Morgan fingerprint density at radius 2 is 2.22 bits per heavy atom. The van der Waals surface area contributed by atoms with Crippen molar-refractivity contribution in [1.82, 2.24) is 10.3 Å². The normalized spacial score (nSPS) is 26.8. The molecule has 27 heavy (non-hydrogen) atoms. The Labute approximate surface area is 184 Å². The number of carboxylic acid groups (broad SMARTS) is 1. The zero-order valence-corrected chi connectivity index (χ0v) is 18.1. The van der Waals surface area contributed by atoms with Gasteiger partial charge in [-0.1, -0.05) is 11.2 Å². The quantitative estimate of drug-likeness (QED) is 0.239. The van der Waals surface area contributed by atoms with E-state index < -0.39 is 34.5 Å². The van der Waals surface area contributed by atoms with E-state index in [9.17, 15) is 19.5 Å². The first-order chi connectivity index (χ1) is 12.3. The molecule has 1 aliphatic carbocycles. The number of nitrogens with zero attached hydrogens (tertiary/aromatic N) is 2. The van der Waals surface area contributed by atoms with Crippen LogP contribution in [0.2, 0.25) is 0 Å². The number of nitrogens with one attached hydrogen (secondary N) is 1. The van der Waals surface area contributed by atoms with Crippen LogP contribution in [0, 0.1) is 0 Å². The van der Waals surface area contributed by atoms with Gasteiger partial charge in [0, 0.05) is 16.7 Å². The van der Waals surface area contributed by atoms with E-state index in [1.165, 1.54) is 30.3 Å². The summed E-state index contributed by atoms with van der Waals surface area (Å²) in [6.07, 6.45) is 1.36. The van der Waals surface area contributed by atoms with Gasteiger partial charge in [-0.15, -0.1) is 23.1 Å². The van der Waals surface area contributed by atoms with Gasteiger partial charge in [0.1, 0.15) is 24.4 Å². The van der Waals surface area contributed by atoms with Gasteiger partial charge < -0.3 is 31.5 Å². The van der Waals surface area contributed by atoms with Gasteiger partial charge in [-0.05, 0) is 0 Å². The van der Waals surface area contributed by atoms with Gasteiger partial charge in [-0.2, -0.15) is 0 Å². The average Bonchev–Trinajstić information content (AvgIpc) is 3.03. The SMILES string of the molecule is CO/N=C(\C(=O)N[C@@H]1C(=O)C2(N)C(C(=O)[O-])=CCS[C@H]12)c1csc(N)n1.[Na+]. The van der Waals surface area contributed by atoms with Gasteiger partial charge in [0.05, 0.1) is 11.2 Å². The van der Waals surface area contributed by atoms with Gasteiger partial charge in [-0.3, -0.25) is 9.59 Å². The second kappa shape index (κ2) is 8.29. The molecule has 1 fully saturated rings. The van der Waals surface area contributed by atoms with Crippen LogP contribution in [-0.2, 0) is 19.2 Å². The molecule has 3 atom stereocenters. The van der Waals surface area contributed by atoms with Crippen LogP contribution in [0.1, 0.15) is 5.69 Å². The van der Waals surface area contributed by atoms with E-state index in [1.807, 2.05) is 0 Å². The summed E-state index contributed by atoms with van der Waals surface area (Å²) >= 11 is 2.39. The number of oxime groups is 1. The standard InChI is InChI=1S/C14H15N5O5S2.Na/c1-24-19-7(6-4-26-13(15)17-6)11(21)18-8-9(20)14(16)5(12(22)23)2-3-25-10(8)14;/h2,4,8,10H,3,16H2,1H3,(H2,15,17)(H,18,21)(H,22,23);/q;+1/p-1/b19-7-;/t8-,10-,14?;/m1./s1. The number of thioether (sulfide) groups is 1. The van der Waals surface area contributed by atoms with Crippen molar-refractivity contribution < 1.29 is 53.9 Å². The van der Waals surface area contributed by atoms with Crippen molar-refractivity contribution in [2.24, 2.45) is 10.9 Å². The summed E-state index contributed by atoms with van der Waals surface area (Å²) in [6.45, 7) is 0. The summed E-state index contributed by atoms with van der Waals surface area (Å²) in [4.78, 5) is 44.9. The van der Waals surface area contributed by atoms with E-state index >= 15 is 0 Å². The van der Waals surface area contributed by atoms with Crippen molar-refractivity contribution in [3.63, 3.8) is 0 Å². The molecule has 0 bridgehead atoms. The number of aliphatic carboxylic acids is 1. The number of hydrogen-bond acceptors (Lipinski definition) is 11. The Morgan fingerprint density at radius 1 is 1.52 bits per heavy atom. The maximum Gasteiger partial charge on any atom is 1.00 e. The van der Waals surface area contributed by atoms with Crippen LogP contribution in [0.25, 0.3) is 0 Å². The molecular formula is C14H14N5NaO5S2. The van der Waals surface area contributed by atoms with Crippen LogP contribution in [-0.4, -0.2) is 58.0 Å². The molecule has 1 amide bonds. The summed E-state index contributed by atoms with van der Waals surface area (Å²) < 4.78 is 0. The molecule has 3 rings (SSSR count). The van der Waals surface area contributed by atoms with Crippen molar-refractivity contribution in [2.75, 3.05) is 18.6 Å². The summed E-state index contributed by atoms with van der Waals surface area (Å²) in [6, 6.07) is -0.960. The first kappa shape index (κ1) is 21.9. The predicted molar refractivity (Wildman–Crippen MR) is 93.3 cm³/mol. The number of aromatic nitrogens is 1. The van der Waals surface area contributed by atoms with E-state index in [-0.39, 0.29) is 51.7 Å². The number of carbonyl (C=O) groups is 3. The molecule has 138 valence electrons. The number of hydrogen-bond donors (Lipinski definition) is 3. The van der Waals surface area contributed by atoms with Crippen molar-refractivity contribution in [2.45, 2.75) is 16.8 Å². The summed E-state index contributed by atoms with van der Waals surface area (Å²) in [7, 11) is 1.26. The number of rotatable bonds is 5. The fourth-order valence-corrected chi connectivity index (χ4v) is 4.82. The molecule has 0 spiro atoms. The largest absolute Gasteiger partial charge is 1.00 e. The number of carbonyl (C=O) groups excluding carboxylic acids is 3. The minimum atomic E-state index is -1.68. The van der Waals surface area contributed by atoms with E-state index in [0.717, 1.165) is 11.3 Å². The average molecular weight is 419 g/mol. The third kappa shape index (κ3) is 3.65. The van der Waals surface area contributed by atoms with Gasteiger partial charge in [0.2, 0.25) is 0 Å². The third-order valence-corrected chi connectivity index (χ3v) is 6.16. The molecule has 1 aliphatic heterocycles. The molecule has 1 unspecified atom stereocenters. The maximum atomic E-state index is 12.5. The first-order valence-electron chi connectivity index (χ1n) is 7.30. The number of amides is 1. The Hall–Kier alpha value is -1.44. The van der Waals surface area contributed by atoms with Crippen molar-refractivity contribution in [3.05, 3.63) is 22.7 Å². The fourth-order valence-electron chi connectivity index (χ4n) is 2.91. The van der Waals surface area contributed by atoms with Crippen LogP contribution in [0.5, 0.6) is 0 Å². The van der Waals surface area contributed by atoms with E-state index in [2.05, 4.69) is 20.3 Å². The van der Waals surface area contributed by atoms with E-state index in [0.29, 0.717) is 5.75 Å². The van der Waals surface area contributed by atoms with Gasteiger partial charge >= 0.3 is 29.6 Å². The number of nitrogen functional groups attached to an aromatic ring is 1. The molecule has 0 aromatic carbocycles. The van der Waals surface area contributed by atoms with Crippen molar-refractivity contribution in [3.8, 4) is 0 Å². The number of carboxylic acids is 1. The van der Waals surface area contributed by atoms with Gasteiger partial charge in [0.15, 0.2) is 16.6 Å². The van der Waals surface area contributed by atoms with Crippen LogP contribution in [0.15, 0.2) is 22.2 Å². The van der Waals surface area contributed by atoms with Crippen molar-refractivity contribution in [1.29, 1.82) is 0 Å². The summed E-state index contributed by atoms with van der Waals surface area (Å²) in [5.41, 5.74) is 9.69. The number of nitrogens with two attached hydrogens (primary N) is 2. The number of anilines is 1. The molecule has 5 N–H and O–H groups in total. The van der Waals surface area contributed by atoms with Crippen LogP contribution in [0.3, 0.4) is 0 Å². The molecule has 1 aromatic rings. The summed E-state index contributed by atoms with van der Waals surface area (Å²) in [5.74, 6) is -2.46. The van der Waals surface area contributed by atoms with E-state index in [1.54, 1.807) is 0 Å². The molecule has 13 heteroatoms. The molecule has 0 saturated heterocycles. The third-order valence-electron chi connectivity index (χ3n) is 4.12.